The minimum absolute atomic E-state index is 0.507. The van der Waals surface area contributed by atoms with Crippen LogP contribution in [0.15, 0.2) is 110 Å². The summed E-state index contributed by atoms with van der Waals surface area (Å²) in [5, 5.41) is 0. The Labute approximate surface area is 245 Å². The Morgan fingerprint density at radius 1 is 0.667 bits per heavy atom. The van der Waals surface area contributed by atoms with Crippen molar-refractivity contribution in [1.29, 1.82) is 0 Å². The summed E-state index contributed by atoms with van der Waals surface area (Å²) in [6.45, 7) is 5.13. The highest BCUT2D eigenvalue weighted by atomic mass is 16.6. The number of aromatic nitrogens is 2. The van der Waals surface area contributed by atoms with E-state index in [9.17, 15) is 9.59 Å². The number of nitrogens with zero attached hydrogens (tertiary/aromatic N) is 4. The van der Waals surface area contributed by atoms with Crippen molar-refractivity contribution in [2.45, 2.75) is 51.2 Å². The van der Waals surface area contributed by atoms with Crippen LogP contribution in [0.2, 0.25) is 0 Å². The van der Waals surface area contributed by atoms with Gasteiger partial charge in [0.2, 0.25) is 11.4 Å². The third-order valence-corrected chi connectivity index (χ3v) is 8.21. The van der Waals surface area contributed by atoms with Gasteiger partial charge in [0.1, 0.15) is 0 Å². The molecular weight excluding hydrogens is 528 g/mol. The molecule has 2 aliphatic rings. The second-order valence-corrected chi connectivity index (χ2v) is 10.3. The van der Waals surface area contributed by atoms with Crippen molar-refractivity contribution >= 4 is 23.3 Å². The van der Waals surface area contributed by atoms with E-state index in [1.807, 2.05) is 86.6 Å². The predicted molar refractivity (Wildman–Crippen MR) is 159 cm³/mol. The van der Waals surface area contributed by atoms with E-state index in [1.54, 1.807) is 24.8 Å². The maximum absolute atomic E-state index is 13.4. The Morgan fingerprint density at radius 2 is 1.05 bits per heavy atom. The standard InChI is InChI=1S/C34H32N4O4/c1-3-33(29-11-7-5-9-25(29)23-37(33)27-15-19-35-20-16-27)41-31(39)13-14-32(40)42-34(4-2)30-12-8-6-10-26(30)24-38(34)28-17-21-36-22-18-28/h5-22H,3-4,23-24H2,1-2H3/b14-13-. The van der Waals surface area contributed by atoms with E-state index in [0.717, 1.165) is 45.8 Å². The Bertz CT molecular complexity index is 1510. The van der Waals surface area contributed by atoms with E-state index in [0.29, 0.717) is 25.9 Å². The molecular formula is C34H32N4O4. The van der Waals surface area contributed by atoms with Crippen LogP contribution in [0.5, 0.6) is 0 Å². The maximum Gasteiger partial charge on any atom is 0.333 e. The van der Waals surface area contributed by atoms with Gasteiger partial charge in [0.25, 0.3) is 0 Å². The molecule has 6 rings (SSSR count). The Morgan fingerprint density at radius 3 is 1.43 bits per heavy atom. The Balaban J connectivity index is 1.26. The molecule has 0 saturated heterocycles. The molecule has 0 aliphatic carbocycles. The van der Waals surface area contributed by atoms with Gasteiger partial charge in [0.05, 0.1) is 0 Å². The van der Waals surface area contributed by atoms with E-state index in [1.165, 1.54) is 0 Å². The van der Waals surface area contributed by atoms with Crippen molar-refractivity contribution in [2.75, 3.05) is 9.80 Å². The van der Waals surface area contributed by atoms with Gasteiger partial charge >= 0.3 is 11.9 Å². The van der Waals surface area contributed by atoms with Crippen LogP contribution in [0.25, 0.3) is 0 Å². The first-order valence-electron chi connectivity index (χ1n) is 14.2. The van der Waals surface area contributed by atoms with Gasteiger partial charge in [0, 0.05) is 85.4 Å². The number of anilines is 2. The molecule has 2 atom stereocenters. The predicted octanol–water partition coefficient (Wildman–Crippen LogP) is 5.99. The summed E-state index contributed by atoms with van der Waals surface area (Å²) in [7, 11) is 0. The highest BCUT2D eigenvalue weighted by molar-refractivity contribution is 5.92. The number of fused-ring (bicyclic) bond motifs is 2. The number of esters is 2. The molecule has 8 nitrogen and oxygen atoms in total. The van der Waals surface area contributed by atoms with Crippen molar-refractivity contribution < 1.29 is 19.1 Å². The van der Waals surface area contributed by atoms with Gasteiger partial charge in [-0.3, -0.25) is 9.97 Å². The van der Waals surface area contributed by atoms with Crippen molar-refractivity contribution in [3.63, 3.8) is 0 Å². The van der Waals surface area contributed by atoms with Gasteiger partial charge in [-0.15, -0.1) is 0 Å². The number of carbonyl (C=O) groups is 2. The lowest BCUT2D eigenvalue weighted by molar-refractivity contribution is -0.157. The zero-order valence-corrected chi connectivity index (χ0v) is 23.6. The largest absolute Gasteiger partial charge is 0.431 e. The van der Waals surface area contributed by atoms with Gasteiger partial charge in [-0.2, -0.15) is 0 Å². The molecule has 2 aromatic carbocycles. The van der Waals surface area contributed by atoms with E-state index < -0.39 is 23.4 Å². The maximum atomic E-state index is 13.4. The van der Waals surface area contributed by atoms with Crippen LogP contribution in [-0.2, 0) is 43.6 Å². The first kappa shape index (κ1) is 27.2. The summed E-state index contributed by atoms with van der Waals surface area (Å²) in [5.74, 6) is -1.26. The Kier molecular flexibility index (Phi) is 7.20. The van der Waals surface area contributed by atoms with E-state index in [-0.39, 0.29) is 0 Å². The summed E-state index contributed by atoms with van der Waals surface area (Å²) in [4.78, 5) is 39.1. The number of pyridine rings is 2. The van der Waals surface area contributed by atoms with Crippen LogP contribution >= 0.6 is 0 Å². The molecule has 4 aromatic rings. The molecule has 2 aliphatic heterocycles. The van der Waals surface area contributed by atoms with Crippen LogP contribution in [0, 0.1) is 0 Å². The summed E-state index contributed by atoms with van der Waals surface area (Å²) in [5.41, 5.74) is 3.72. The average Bonchev–Trinajstić information content (AvgIpc) is 3.54. The number of benzene rings is 2. The minimum atomic E-state index is -1.03. The second kappa shape index (κ2) is 11.1. The molecule has 8 heteroatoms. The lowest BCUT2D eigenvalue weighted by Crippen LogP contribution is -2.45. The fraction of sp³-hybridized carbons (Fsp3) is 0.235. The first-order chi connectivity index (χ1) is 20.5. The van der Waals surface area contributed by atoms with Crippen molar-refractivity contribution in [3.8, 4) is 0 Å². The Hall–Kier alpha value is -4.98. The van der Waals surface area contributed by atoms with Gasteiger partial charge < -0.3 is 19.3 Å². The zero-order chi connectivity index (χ0) is 29.2. The molecule has 2 aromatic heterocycles. The minimum Gasteiger partial charge on any atom is -0.431 e. The van der Waals surface area contributed by atoms with Gasteiger partial charge in [-0.05, 0) is 35.4 Å². The highest BCUT2D eigenvalue weighted by Crippen LogP contribution is 2.47. The van der Waals surface area contributed by atoms with Crippen LogP contribution in [0.3, 0.4) is 0 Å². The summed E-state index contributed by atoms with van der Waals surface area (Å²) in [6, 6.07) is 23.5. The topological polar surface area (TPSA) is 84.9 Å². The number of carbonyl (C=O) groups excluding carboxylic acids is 2. The molecule has 4 heterocycles. The van der Waals surface area contributed by atoms with Crippen LogP contribution in [-0.4, -0.2) is 21.9 Å². The van der Waals surface area contributed by atoms with Crippen molar-refractivity contribution in [3.05, 3.63) is 132 Å². The molecule has 0 radical (unpaired) electrons. The van der Waals surface area contributed by atoms with Crippen molar-refractivity contribution in [1.82, 2.24) is 9.97 Å². The summed E-state index contributed by atoms with van der Waals surface area (Å²) in [6.07, 6.45) is 10.2. The fourth-order valence-electron chi connectivity index (χ4n) is 6.28. The monoisotopic (exact) mass is 560 g/mol. The molecule has 212 valence electrons. The summed E-state index contributed by atoms with van der Waals surface area (Å²) >= 11 is 0. The molecule has 42 heavy (non-hydrogen) atoms. The number of hydrogen-bond donors (Lipinski definition) is 0. The number of ether oxygens (including phenoxy) is 2. The van der Waals surface area contributed by atoms with Crippen LogP contribution < -0.4 is 9.80 Å². The van der Waals surface area contributed by atoms with Gasteiger partial charge in [0.15, 0.2) is 0 Å². The molecule has 0 spiro atoms. The lowest BCUT2D eigenvalue weighted by Gasteiger charge is -2.39. The number of hydrogen-bond acceptors (Lipinski definition) is 8. The third-order valence-electron chi connectivity index (χ3n) is 8.21. The second-order valence-electron chi connectivity index (χ2n) is 10.3. The highest BCUT2D eigenvalue weighted by Gasteiger charge is 2.48. The van der Waals surface area contributed by atoms with E-state index in [2.05, 4.69) is 19.8 Å². The molecule has 0 bridgehead atoms. The normalized spacial score (nSPS) is 20.8. The van der Waals surface area contributed by atoms with E-state index >= 15 is 0 Å². The van der Waals surface area contributed by atoms with Gasteiger partial charge in [-0.1, -0.05) is 62.4 Å². The van der Waals surface area contributed by atoms with E-state index in [4.69, 9.17) is 9.47 Å². The molecule has 0 N–H and O–H groups in total. The molecule has 0 fully saturated rings. The average molecular weight is 561 g/mol. The molecule has 0 saturated carbocycles. The molecule has 2 unspecified atom stereocenters. The molecule has 0 amide bonds. The summed E-state index contributed by atoms with van der Waals surface area (Å²) < 4.78 is 12.4. The number of rotatable bonds is 8. The quantitative estimate of drug-likeness (QED) is 0.192. The fourth-order valence-corrected chi connectivity index (χ4v) is 6.28. The van der Waals surface area contributed by atoms with Crippen LogP contribution in [0.4, 0.5) is 11.4 Å². The van der Waals surface area contributed by atoms with Gasteiger partial charge in [-0.25, -0.2) is 9.59 Å². The van der Waals surface area contributed by atoms with Crippen molar-refractivity contribution in [2.24, 2.45) is 0 Å². The first-order valence-corrected chi connectivity index (χ1v) is 14.2. The zero-order valence-electron chi connectivity index (χ0n) is 23.6. The third kappa shape index (κ3) is 4.59. The lowest BCUT2D eigenvalue weighted by atomic mass is 9.98. The van der Waals surface area contributed by atoms with Crippen LogP contribution in [0.1, 0.15) is 48.9 Å². The smallest absolute Gasteiger partial charge is 0.333 e. The SMILES string of the molecule is CCC1(OC(=O)/C=C\C(=O)OC2(CC)c3ccccc3CN2c2ccncc2)c2ccccc2CN1c1ccncc1.